The first-order valence-electron chi connectivity index (χ1n) is 11.0. The molecule has 4 rings (SSSR count). The van der Waals surface area contributed by atoms with E-state index in [0.717, 1.165) is 77.2 Å². The molecule has 0 atom stereocenters. The van der Waals surface area contributed by atoms with E-state index in [-0.39, 0.29) is 0 Å². The van der Waals surface area contributed by atoms with Crippen LogP contribution < -0.4 is 5.32 Å². The van der Waals surface area contributed by atoms with Gasteiger partial charge < -0.3 is 10.2 Å². The number of piperazine rings is 1. The number of hydrogen-bond donors (Lipinski definition) is 1. The van der Waals surface area contributed by atoms with E-state index in [1.807, 2.05) is 18.5 Å². The molecule has 0 aliphatic carbocycles. The van der Waals surface area contributed by atoms with E-state index in [0.29, 0.717) is 12.2 Å². The largest absolute Gasteiger partial charge is 0.316 e. The minimum Gasteiger partial charge on any atom is -0.316 e. The van der Waals surface area contributed by atoms with E-state index < -0.39 is 0 Å². The van der Waals surface area contributed by atoms with Crippen LogP contribution >= 0.6 is 0 Å². The van der Waals surface area contributed by atoms with Crippen LogP contribution in [0.5, 0.6) is 0 Å². The van der Waals surface area contributed by atoms with Crippen molar-refractivity contribution in [1.82, 2.24) is 20.1 Å². The topological polar surface area (TPSA) is 48.5 Å². The van der Waals surface area contributed by atoms with Crippen LogP contribution in [0.15, 0.2) is 42.7 Å². The molecule has 0 saturated carbocycles. The molecule has 3 heterocycles. The normalized spacial score (nSPS) is 18.2. The average Bonchev–Trinajstić information content (AvgIpc) is 3.00. The second-order valence-electron chi connectivity index (χ2n) is 8.23. The molecule has 2 aromatic rings. The average molecular weight is 393 g/mol. The highest BCUT2D eigenvalue weighted by Crippen LogP contribution is 2.17. The fourth-order valence-corrected chi connectivity index (χ4v) is 4.37. The zero-order valence-electron chi connectivity index (χ0n) is 17.3. The van der Waals surface area contributed by atoms with Crippen molar-refractivity contribution >= 4 is 5.78 Å². The van der Waals surface area contributed by atoms with Crippen LogP contribution in [-0.4, -0.2) is 66.4 Å². The number of aromatic nitrogens is 1. The lowest BCUT2D eigenvalue weighted by molar-refractivity contribution is 0.0959. The van der Waals surface area contributed by atoms with Gasteiger partial charge in [0.1, 0.15) is 0 Å². The molecule has 154 valence electrons. The number of carbonyl (C=O) groups excluding carboxylic acids is 1. The third-order valence-corrected chi connectivity index (χ3v) is 6.17. The second-order valence-corrected chi connectivity index (χ2v) is 8.23. The number of nitrogens with zero attached hydrogens (tertiary/aromatic N) is 3. The van der Waals surface area contributed by atoms with Crippen molar-refractivity contribution in [3.63, 3.8) is 0 Å². The molecule has 0 bridgehead atoms. The van der Waals surface area contributed by atoms with Crippen LogP contribution in [0.25, 0.3) is 0 Å². The number of rotatable bonds is 7. The monoisotopic (exact) mass is 392 g/mol. The number of benzene rings is 1. The van der Waals surface area contributed by atoms with Crippen LogP contribution in [0.1, 0.15) is 39.9 Å². The molecule has 1 aromatic heterocycles. The van der Waals surface area contributed by atoms with Crippen LogP contribution in [-0.2, 0) is 19.4 Å². The first kappa shape index (κ1) is 20.2. The Morgan fingerprint density at radius 1 is 0.931 bits per heavy atom. The highest BCUT2D eigenvalue weighted by Gasteiger charge is 2.17. The van der Waals surface area contributed by atoms with E-state index in [2.05, 4.69) is 44.4 Å². The summed E-state index contributed by atoms with van der Waals surface area (Å²) in [5.41, 5.74) is 4.98. The molecule has 0 spiro atoms. The Morgan fingerprint density at radius 3 is 2.45 bits per heavy atom. The van der Waals surface area contributed by atoms with Crippen molar-refractivity contribution < 1.29 is 4.79 Å². The van der Waals surface area contributed by atoms with E-state index in [1.165, 1.54) is 16.7 Å². The number of hydrogen-bond acceptors (Lipinski definition) is 5. The fraction of sp³-hybridized carbons (Fsp3) is 0.500. The molecule has 29 heavy (non-hydrogen) atoms. The molecule has 0 amide bonds. The van der Waals surface area contributed by atoms with Gasteiger partial charge in [-0.05, 0) is 73.8 Å². The zero-order chi connectivity index (χ0) is 19.9. The van der Waals surface area contributed by atoms with E-state index in [4.69, 9.17) is 0 Å². The van der Waals surface area contributed by atoms with Crippen molar-refractivity contribution in [2.75, 3.05) is 45.8 Å². The smallest absolute Gasteiger partial charge is 0.162 e. The van der Waals surface area contributed by atoms with Crippen LogP contribution in [0.2, 0.25) is 0 Å². The van der Waals surface area contributed by atoms with Gasteiger partial charge in [-0.1, -0.05) is 12.1 Å². The van der Waals surface area contributed by atoms with Gasteiger partial charge in [0.05, 0.1) is 0 Å². The molecule has 1 fully saturated rings. The SMILES string of the molecule is O=C(CCCN1CCN(Cc2ccncc2)CC1)c1ccc2c(c1)CCNCC2. The first-order chi connectivity index (χ1) is 14.3. The number of fused-ring (bicyclic) bond motifs is 1. The molecule has 0 unspecified atom stereocenters. The number of carbonyl (C=O) groups is 1. The van der Waals surface area contributed by atoms with E-state index in [9.17, 15) is 4.79 Å². The molecule has 5 nitrogen and oxygen atoms in total. The number of nitrogens with one attached hydrogen (secondary N) is 1. The summed E-state index contributed by atoms with van der Waals surface area (Å²) in [5.74, 6) is 0.293. The van der Waals surface area contributed by atoms with Gasteiger partial charge in [0.25, 0.3) is 0 Å². The maximum Gasteiger partial charge on any atom is 0.162 e. The van der Waals surface area contributed by atoms with E-state index in [1.54, 1.807) is 0 Å². The van der Waals surface area contributed by atoms with Crippen LogP contribution in [0, 0.1) is 0 Å². The molecule has 2 aliphatic rings. The van der Waals surface area contributed by atoms with Crippen molar-refractivity contribution in [2.45, 2.75) is 32.2 Å². The highest BCUT2D eigenvalue weighted by molar-refractivity contribution is 5.96. The lowest BCUT2D eigenvalue weighted by Gasteiger charge is -2.34. The molecule has 1 aromatic carbocycles. The van der Waals surface area contributed by atoms with E-state index >= 15 is 0 Å². The maximum atomic E-state index is 12.7. The lowest BCUT2D eigenvalue weighted by Crippen LogP contribution is -2.46. The fourth-order valence-electron chi connectivity index (χ4n) is 4.37. The Kier molecular flexibility index (Phi) is 7.04. The lowest BCUT2D eigenvalue weighted by atomic mass is 9.97. The molecule has 1 saturated heterocycles. The Hall–Kier alpha value is -2.08. The summed E-state index contributed by atoms with van der Waals surface area (Å²) in [6.07, 6.45) is 7.42. The maximum absolute atomic E-state index is 12.7. The van der Waals surface area contributed by atoms with Gasteiger partial charge in [-0.15, -0.1) is 0 Å². The highest BCUT2D eigenvalue weighted by atomic mass is 16.1. The Labute approximate surface area is 174 Å². The van der Waals surface area contributed by atoms with Gasteiger partial charge in [-0.25, -0.2) is 0 Å². The minimum atomic E-state index is 0.293. The minimum absolute atomic E-state index is 0.293. The summed E-state index contributed by atoms with van der Waals surface area (Å²) in [5, 5.41) is 3.43. The van der Waals surface area contributed by atoms with Gasteiger partial charge >= 0.3 is 0 Å². The summed E-state index contributed by atoms with van der Waals surface area (Å²) in [4.78, 5) is 21.8. The molecule has 1 N–H and O–H groups in total. The van der Waals surface area contributed by atoms with Crippen molar-refractivity contribution in [3.05, 3.63) is 65.0 Å². The quantitative estimate of drug-likeness (QED) is 0.734. The van der Waals surface area contributed by atoms with Gasteiger partial charge in [-0.2, -0.15) is 0 Å². The van der Waals surface area contributed by atoms with Crippen molar-refractivity contribution in [2.24, 2.45) is 0 Å². The van der Waals surface area contributed by atoms with Crippen molar-refractivity contribution in [1.29, 1.82) is 0 Å². The number of ketones is 1. The van der Waals surface area contributed by atoms with Gasteiger partial charge in [0, 0.05) is 57.1 Å². The zero-order valence-corrected chi connectivity index (χ0v) is 17.3. The third kappa shape index (κ3) is 5.72. The van der Waals surface area contributed by atoms with Gasteiger partial charge in [-0.3, -0.25) is 14.7 Å². The predicted molar refractivity (Wildman–Crippen MR) is 116 cm³/mol. The standard InChI is InChI=1S/C24H32N4O/c29-24(23-4-3-21-7-11-26-12-8-22(21)18-23)2-1-13-27-14-16-28(17-15-27)19-20-5-9-25-10-6-20/h3-6,9-10,18,26H,1-2,7-8,11-17,19H2. The van der Waals surface area contributed by atoms with Gasteiger partial charge in [0.15, 0.2) is 5.78 Å². The number of Topliss-reactive ketones (excluding diaryl/α,β-unsaturated/α-hetero) is 1. The molecular weight excluding hydrogens is 360 g/mol. The van der Waals surface area contributed by atoms with Crippen LogP contribution in [0.3, 0.4) is 0 Å². The molecule has 5 heteroatoms. The summed E-state index contributed by atoms with van der Waals surface area (Å²) in [6, 6.07) is 10.5. The molecule has 2 aliphatic heterocycles. The summed E-state index contributed by atoms with van der Waals surface area (Å²) in [6.45, 7) is 8.43. The molecule has 0 radical (unpaired) electrons. The summed E-state index contributed by atoms with van der Waals surface area (Å²) < 4.78 is 0. The Balaban J connectivity index is 1.19. The predicted octanol–water partition coefficient (Wildman–Crippen LogP) is 2.55. The van der Waals surface area contributed by atoms with Crippen LogP contribution in [0.4, 0.5) is 0 Å². The number of pyridine rings is 1. The second kappa shape index (κ2) is 10.1. The van der Waals surface area contributed by atoms with Gasteiger partial charge in [0.2, 0.25) is 0 Å². The third-order valence-electron chi connectivity index (χ3n) is 6.17. The summed E-state index contributed by atoms with van der Waals surface area (Å²) >= 11 is 0. The Bertz CT molecular complexity index is 800. The molecular formula is C24H32N4O. The first-order valence-corrected chi connectivity index (χ1v) is 11.0. The Morgan fingerprint density at radius 2 is 1.66 bits per heavy atom. The summed E-state index contributed by atoms with van der Waals surface area (Å²) in [7, 11) is 0. The van der Waals surface area contributed by atoms with Crippen molar-refractivity contribution in [3.8, 4) is 0 Å².